The maximum Gasteiger partial charge on any atom is 0.320 e. The molecule has 1 saturated heterocycles. The van der Waals surface area contributed by atoms with Gasteiger partial charge in [-0.3, -0.25) is 14.5 Å². The van der Waals surface area contributed by atoms with Gasteiger partial charge in [0.2, 0.25) is 5.91 Å². The molecule has 2 aromatic carbocycles. The number of aryl methyl sites for hydroxylation is 1. The molecule has 0 aliphatic carbocycles. The van der Waals surface area contributed by atoms with Crippen LogP contribution in [0.15, 0.2) is 48.5 Å². The van der Waals surface area contributed by atoms with E-state index in [9.17, 15) is 9.59 Å². The quantitative estimate of drug-likeness (QED) is 0.832. The molecule has 1 aliphatic heterocycles. The van der Waals surface area contributed by atoms with Crippen LogP contribution in [0.4, 0.5) is 5.69 Å². The molecular weight excluding hydrogens is 332 g/mol. The van der Waals surface area contributed by atoms with E-state index in [4.69, 9.17) is 9.84 Å². The van der Waals surface area contributed by atoms with Gasteiger partial charge >= 0.3 is 5.97 Å². The van der Waals surface area contributed by atoms with E-state index in [1.807, 2.05) is 31.2 Å². The van der Waals surface area contributed by atoms with E-state index < -0.39 is 12.0 Å². The topological polar surface area (TPSA) is 78.9 Å². The summed E-state index contributed by atoms with van der Waals surface area (Å²) in [7, 11) is 0. The number of hydrogen-bond acceptors (Lipinski definition) is 4. The van der Waals surface area contributed by atoms with Gasteiger partial charge in [-0.1, -0.05) is 12.1 Å². The van der Waals surface area contributed by atoms with Crippen molar-refractivity contribution in [2.24, 2.45) is 0 Å². The van der Waals surface area contributed by atoms with Crippen molar-refractivity contribution in [1.82, 2.24) is 4.90 Å². The predicted octanol–water partition coefficient (Wildman–Crippen LogP) is 3.27. The standard InChI is InChI=1S/C20H22N2O4/c1-14-4-2-5-17(12-14)26-16-9-7-15(8-10-16)21-19(23)13-22-11-3-6-18(22)20(24)25/h2,4-5,7-10,12,18H,3,6,11,13H2,1H3,(H,21,23)(H,24,25)/t18-/m1/s1. The van der Waals surface area contributed by atoms with Gasteiger partial charge in [0.1, 0.15) is 17.5 Å². The SMILES string of the molecule is Cc1cccc(Oc2ccc(NC(=O)CN3CCC[C@@H]3C(=O)O)cc2)c1. The van der Waals surface area contributed by atoms with Gasteiger partial charge in [0.15, 0.2) is 0 Å². The van der Waals surface area contributed by atoms with Gasteiger partial charge in [-0.2, -0.15) is 0 Å². The van der Waals surface area contributed by atoms with Crippen LogP contribution in [-0.2, 0) is 9.59 Å². The summed E-state index contributed by atoms with van der Waals surface area (Å²) in [6.07, 6.45) is 1.39. The Kier molecular flexibility index (Phi) is 5.53. The third-order valence-electron chi connectivity index (χ3n) is 4.36. The molecule has 6 nitrogen and oxygen atoms in total. The van der Waals surface area contributed by atoms with Gasteiger partial charge in [0.05, 0.1) is 6.54 Å². The molecule has 0 saturated carbocycles. The summed E-state index contributed by atoms with van der Waals surface area (Å²) >= 11 is 0. The molecule has 0 bridgehead atoms. The molecule has 1 atom stereocenters. The Bertz CT molecular complexity index is 789. The third kappa shape index (κ3) is 4.61. The lowest BCUT2D eigenvalue weighted by Crippen LogP contribution is -2.40. The Labute approximate surface area is 152 Å². The molecule has 1 aliphatic rings. The van der Waals surface area contributed by atoms with Crippen LogP contribution in [0.5, 0.6) is 11.5 Å². The molecule has 1 fully saturated rings. The smallest absolute Gasteiger partial charge is 0.320 e. The molecule has 1 amide bonds. The number of benzene rings is 2. The first-order valence-corrected chi connectivity index (χ1v) is 8.62. The highest BCUT2D eigenvalue weighted by Gasteiger charge is 2.31. The second kappa shape index (κ2) is 8.01. The lowest BCUT2D eigenvalue weighted by molar-refractivity contribution is -0.142. The zero-order valence-electron chi connectivity index (χ0n) is 14.6. The normalized spacial score (nSPS) is 17.0. The Morgan fingerprint density at radius 2 is 1.96 bits per heavy atom. The maximum absolute atomic E-state index is 12.2. The number of rotatable bonds is 6. The van der Waals surface area contributed by atoms with Crippen molar-refractivity contribution in [3.63, 3.8) is 0 Å². The van der Waals surface area contributed by atoms with Crippen LogP contribution in [-0.4, -0.2) is 41.0 Å². The summed E-state index contributed by atoms with van der Waals surface area (Å²) < 4.78 is 5.78. The highest BCUT2D eigenvalue weighted by atomic mass is 16.5. The van der Waals surface area contributed by atoms with E-state index in [1.165, 1.54) is 0 Å². The van der Waals surface area contributed by atoms with Crippen LogP contribution in [0.3, 0.4) is 0 Å². The van der Waals surface area contributed by atoms with Crippen molar-refractivity contribution in [2.45, 2.75) is 25.8 Å². The molecule has 3 rings (SSSR count). The number of nitrogens with zero attached hydrogens (tertiary/aromatic N) is 1. The number of likely N-dealkylation sites (tertiary alicyclic amines) is 1. The van der Waals surface area contributed by atoms with Crippen LogP contribution in [0.1, 0.15) is 18.4 Å². The molecule has 2 N–H and O–H groups in total. The zero-order chi connectivity index (χ0) is 18.5. The van der Waals surface area contributed by atoms with E-state index in [-0.39, 0.29) is 12.5 Å². The molecular formula is C20H22N2O4. The monoisotopic (exact) mass is 354 g/mol. The maximum atomic E-state index is 12.2. The van der Waals surface area contributed by atoms with Gasteiger partial charge in [-0.15, -0.1) is 0 Å². The van der Waals surface area contributed by atoms with E-state index in [0.717, 1.165) is 17.7 Å². The number of hydrogen-bond donors (Lipinski definition) is 2. The molecule has 6 heteroatoms. The largest absolute Gasteiger partial charge is 0.480 e. The van der Waals surface area contributed by atoms with E-state index in [2.05, 4.69) is 5.32 Å². The summed E-state index contributed by atoms with van der Waals surface area (Å²) in [5.41, 5.74) is 1.77. The minimum atomic E-state index is -0.868. The minimum absolute atomic E-state index is 0.0819. The van der Waals surface area contributed by atoms with Crippen molar-refractivity contribution >= 4 is 17.6 Å². The van der Waals surface area contributed by atoms with Crippen LogP contribution >= 0.6 is 0 Å². The second-order valence-corrected chi connectivity index (χ2v) is 6.46. The average Bonchev–Trinajstić information content (AvgIpc) is 3.05. The second-order valence-electron chi connectivity index (χ2n) is 6.46. The molecule has 1 heterocycles. The number of aliphatic carboxylic acids is 1. The fraction of sp³-hybridized carbons (Fsp3) is 0.300. The summed E-state index contributed by atoms with van der Waals surface area (Å²) in [6.45, 7) is 2.72. The van der Waals surface area contributed by atoms with E-state index >= 15 is 0 Å². The van der Waals surface area contributed by atoms with Crippen molar-refractivity contribution < 1.29 is 19.4 Å². The number of ether oxygens (including phenoxy) is 1. The van der Waals surface area contributed by atoms with Crippen molar-refractivity contribution in [2.75, 3.05) is 18.4 Å². The van der Waals surface area contributed by atoms with Gasteiger partial charge < -0.3 is 15.2 Å². The average molecular weight is 354 g/mol. The van der Waals surface area contributed by atoms with Gasteiger partial charge in [-0.25, -0.2) is 0 Å². The first-order chi connectivity index (χ1) is 12.5. The van der Waals surface area contributed by atoms with Crippen LogP contribution < -0.4 is 10.1 Å². The van der Waals surface area contributed by atoms with Gasteiger partial charge in [0, 0.05) is 5.69 Å². The molecule has 0 radical (unpaired) electrons. The minimum Gasteiger partial charge on any atom is -0.480 e. The summed E-state index contributed by atoms with van der Waals surface area (Å²) in [5.74, 6) is 0.355. The Morgan fingerprint density at radius 1 is 1.19 bits per heavy atom. The number of nitrogens with one attached hydrogen (secondary N) is 1. The van der Waals surface area contributed by atoms with E-state index in [1.54, 1.807) is 29.2 Å². The highest BCUT2D eigenvalue weighted by molar-refractivity contribution is 5.92. The number of carbonyl (C=O) groups is 2. The van der Waals surface area contributed by atoms with Gasteiger partial charge in [0.25, 0.3) is 0 Å². The lowest BCUT2D eigenvalue weighted by atomic mass is 10.2. The van der Waals surface area contributed by atoms with Crippen molar-refractivity contribution in [3.05, 3.63) is 54.1 Å². The number of carbonyl (C=O) groups excluding carboxylic acids is 1. The molecule has 0 unspecified atom stereocenters. The van der Waals surface area contributed by atoms with Gasteiger partial charge in [-0.05, 0) is 68.3 Å². The van der Waals surface area contributed by atoms with E-state index in [0.29, 0.717) is 24.4 Å². The molecule has 2 aromatic rings. The van der Waals surface area contributed by atoms with Crippen LogP contribution in [0.25, 0.3) is 0 Å². The Morgan fingerprint density at radius 3 is 2.65 bits per heavy atom. The molecule has 0 aromatic heterocycles. The Balaban J connectivity index is 1.55. The summed E-state index contributed by atoms with van der Waals surface area (Å²) in [5, 5.41) is 12.0. The molecule has 0 spiro atoms. The first kappa shape index (κ1) is 17.9. The summed E-state index contributed by atoms with van der Waals surface area (Å²) in [4.78, 5) is 25.0. The fourth-order valence-corrected chi connectivity index (χ4v) is 3.10. The lowest BCUT2D eigenvalue weighted by Gasteiger charge is -2.20. The first-order valence-electron chi connectivity index (χ1n) is 8.62. The third-order valence-corrected chi connectivity index (χ3v) is 4.36. The highest BCUT2D eigenvalue weighted by Crippen LogP contribution is 2.24. The van der Waals surface area contributed by atoms with Crippen LogP contribution in [0, 0.1) is 6.92 Å². The number of carboxylic acid groups (broad SMARTS) is 1. The number of carboxylic acids is 1. The summed E-state index contributed by atoms with van der Waals surface area (Å²) in [6, 6.07) is 14.3. The Hall–Kier alpha value is -2.86. The molecule has 26 heavy (non-hydrogen) atoms. The predicted molar refractivity (Wildman–Crippen MR) is 98.6 cm³/mol. The van der Waals surface area contributed by atoms with Crippen LogP contribution in [0.2, 0.25) is 0 Å². The number of anilines is 1. The fourth-order valence-electron chi connectivity index (χ4n) is 3.10. The molecule has 136 valence electrons. The zero-order valence-corrected chi connectivity index (χ0v) is 14.6. The number of amides is 1. The van der Waals surface area contributed by atoms with Crippen molar-refractivity contribution in [1.29, 1.82) is 0 Å². The van der Waals surface area contributed by atoms with Crippen molar-refractivity contribution in [3.8, 4) is 11.5 Å².